The van der Waals surface area contributed by atoms with E-state index in [1.54, 1.807) is 72.8 Å². The van der Waals surface area contributed by atoms with Gasteiger partial charge in [0.25, 0.3) is 5.56 Å². The molecule has 168 valence electrons. The highest BCUT2D eigenvalue weighted by Crippen LogP contribution is 2.27. The monoisotopic (exact) mass is 469 g/mol. The second-order valence-corrected chi connectivity index (χ2v) is 9.07. The molecular formula is C26H19N3O4S. The maximum absolute atomic E-state index is 13.5. The van der Waals surface area contributed by atoms with Crippen molar-refractivity contribution in [2.45, 2.75) is 4.90 Å². The van der Waals surface area contributed by atoms with Crippen LogP contribution in [0.5, 0.6) is 5.75 Å². The van der Waals surface area contributed by atoms with E-state index in [2.05, 4.69) is 0 Å². The summed E-state index contributed by atoms with van der Waals surface area (Å²) in [6.07, 6.45) is 0. The molecule has 5 aromatic rings. The SMILES string of the molecule is Nc1ccccc1-n1c(-c2ccc(OS(=O)(=O)c3ccccc3)cc2)nc2ccccc2c1=O. The summed E-state index contributed by atoms with van der Waals surface area (Å²) in [6, 6.07) is 28.4. The van der Waals surface area contributed by atoms with Crippen LogP contribution < -0.4 is 15.5 Å². The van der Waals surface area contributed by atoms with Crippen LogP contribution in [-0.2, 0) is 10.1 Å². The zero-order chi connectivity index (χ0) is 23.7. The van der Waals surface area contributed by atoms with Crippen molar-refractivity contribution in [1.82, 2.24) is 9.55 Å². The van der Waals surface area contributed by atoms with Crippen LogP contribution >= 0.6 is 0 Å². The van der Waals surface area contributed by atoms with E-state index in [0.29, 0.717) is 33.7 Å². The highest BCUT2D eigenvalue weighted by Gasteiger charge is 2.18. The molecule has 0 aliphatic heterocycles. The van der Waals surface area contributed by atoms with Crippen molar-refractivity contribution >= 4 is 26.7 Å². The van der Waals surface area contributed by atoms with Crippen molar-refractivity contribution in [3.63, 3.8) is 0 Å². The third kappa shape index (κ3) is 3.91. The lowest BCUT2D eigenvalue weighted by molar-refractivity contribution is 0.486. The van der Waals surface area contributed by atoms with E-state index in [9.17, 15) is 13.2 Å². The zero-order valence-corrected chi connectivity index (χ0v) is 18.6. The van der Waals surface area contributed by atoms with Crippen LogP contribution in [0.1, 0.15) is 0 Å². The van der Waals surface area contributed by atoms with Crippen molar-refractivity contribution in [1.29, 1.82) is 0 Å². The Hall–Kier alpha value is -4.43. The van der Waals surface area contributed by atoms with Crippen molar-refractivity contribution in [2.24, 2.45) is 0 Å². The summed E-state index contributed by atoms with van der Waals surface area (Å²) in [5.74, 6) is 0.514. The number of nitrogen functional groups attached to an aromatic ring is 1. The summed E-state index contributed by atoms with van der Waals surface area (Å²) in [6.45, 7) is 0. The Morgan fingerprint density at radius 3 is 2.15 bits per heavy atom. The minimum atomic E-state index is -3.97. The van der Waals surface area contributed by atoms with Gasteiger partial charge in [-0.3, -0.25) is 9.36 Å². The van der Waals surface area contributed by atoms with Gasteiger partial charge in [-0.2, -0.15) is 8.42 Å². The first kappa shape index (κ1) is 21.4. The van der Waals surface area contributed by atoms with Gasteiger partial charge in [-0.05, 0) is 60.7 Å². The van der Waals surface area contributed by atoms with Crippen LogP contribution in [0, 0.1) is 0 Å². The first-order chi connectivity index (χ1) is 16.4. The summed E-state index contributed by atoms with van der Waals surface area (Å²) in [5.41, 5.74) is 8.00. The molecule has 0 atom stereocenters. The molecule has 0 spiro atoms. The number of hydrogen-bond acceptors (Lipinski definition) is 6. The van der Waals surface area contributed by atoms with E-state index in [-0.39, 0.29) is 16.2 Å². The summed E-state index contributed by atoms with van der Waals surface area (Å²) in [4.78, 5) is 18.2. The summed E-state index contributed by atoms with van der Waals surface area (Å²) in [7, 11) is -3.97. The first-order valence-electron chi connectivity index (χ1n) is 10.4. The molecule has 0 aliphatic rings. The van der Waals surface area contributed by atoms with Gasteiger partial charge in [-0.1, -0.05) is 42.5 Å². The fraction of sp³-hybridized carbons (Fsp3) is 0. The van der Waals surface area contributed by atoms with Crippen molar-refractivity contribution in [3.05, 3.63) is 113 Å². The number of rotatable bonds is 5. The molecule has 7 nitrogen and oxygen atoms in total. The third-order valence-electron chi connectivity index (χ3n) is 5.30. The number of anilines is 1. The van der Waals surface area contributed by atoms with E-state index < -0.39 is 10.1 Å². The molecule has 34 heavy (non-hydrogen) atoms. The second-order valence-electron chi connectivity index (χ2n) is 7.53. The molecule has 0 radical (unpaired) electrons. The van der Waals surface area contributed by atoms with E-state index in [4.69, 9.17) is 14.9 Å². The highest BCUT2D eigenvalue weighted by molar-refractivity contribution is 7.87. The molecule has 0 saturated heterocycles. The lowest BCUT2D eigenvalue weighted by Gasteiger charge is -2.16. The van der Waals surface area contributed by atoms with E-state index in [1.807, 2.05) is 6.07 Å². The highest BCUT2D eigenvalue weighted by atomic mass is 32.2. The average Bonchev–Trinajstić information content (AvgIpc) is 2.85. The number of para-hydroxylation sites is 3. The number of fused-ring (bicyclic) bond motifs is 1. The molecule has 1 heterocycles. The molecule has 8 heteroatoms. The van der Waals surface area contributed by atoms with Gasteiger partial charge in [0.2, 0.25) is 0 Å². The lowest BCUT2D eigenvalue weighted by Crippen LogP contribution is -2.22. The van der Waals surface area contributed by atoms with Gasteiger partial charge in [0.1, 0.15) is 16.5 Å². The molecule has 0 fully saturated rings. The molecule has 0 bridgehead atoms. The van der Waals surface area contributed by atoms with Gasteiger partial charge in [-0.25, -0.2) is 4.98 Å². The average molecular weight is 470 g/mol. The number of hydrogen-bond donors (Lipinski definition) is 1. The third-order valence-corrected chi connectivity index (χ3v) is 6.57. The van der Waals surface area contributed by atoms with E-state index in [0.717, 1.165) is 0 Å². The number of nitrogens with zero attached hydrogens (tertiary/aromatic N) is 2. The van der Waals surface area contributed by atoms with E-state index >= 15 is 0 Å². The number of aromatic nitrogens is 2. The van der Waals surface area contributed by atoms with Crippen LogP contribution in [0.2, 0.25) is 0 Å². The molecule has 1 aromatic heterocycles. The maximum atomic E-state index is 13.5. The molecule has 0 unspecified atom stereocenters. The molecular weight excluding hydrogens is 450 g/mol. The normalized spacial score (nSPS) is 11.4. The standard InChI is InChI=1S/C26H19N3O4S/c27-22-11-5-7-13-24(22)29-25(28-23-12-6-4-10-21(23)26(29)30)18-14-16-19(17-15-18)33-34(31,32)20-8-2-1-3-9-20/h1-17H,27H2. The molecule has 0 aliphatic carbocycles. The van der Waals surface area contributed by atoms with Crippen LogP contribution in [0.3, 0.4) is 0 Å². The molecule has 5 rings (SSSR count). The van der Waals surface area contributed by atoms with Crippen LogP contribution in [0.15, 0.2) is 113 Å². The smallest absolute Gasteiger partial charge is 0.339 e. The maximum Gasteiger partial charge on any atom is 0.339 e. The fourth-order valence-electron chi connectivity index (χ4n) is 3.66. The Labute approximate surface area is 195 Å². The number of nitrogens with two attached hydrogens (primary N) is 1. The summed E-state index contributed by atoms with van der Waals surface area (Å²) >= 11 is 0. The van der Waals surface area contributed by atoms with E-state index in [1.165, 1.54) is 28.8 Å². The Morgan fingerprint density at radius 2 is 1.41 bits per heavy atom. The van der Waals surface area contributed by atoms with Gasteiger partial charge in [0.15, 0.2) is 0 Å². The molecule has 0 amide bonds. The quantitative estimate of drug-likeness (QED) is 0.302. The van der Waals surface area contributed by atoms with Gasteiger partial charge in [-0.15, -0.1) is 0 Å². The predicted molar refractivity (Wildman–Crippen MR) is 131 cm³/mol. The van der Waals surface area contributed by atoms with Gasteiger partial charge in [0.05, 0.1) is 22.3 Å². The van der Waals surface area contributed by atoms with Gasteiger partial charge >= 0.3 is 10.1 Å². The topological polar surface area (TPSA) is 104 Å². The summed E-state index contributed by atoms with van der Waals surface area (Å²) < 4.78 is 31.8. The minimum absolute atomic E-state index is 0.0589. The van der Waals surface area contributed by atoms with Gasteiger partial charge < -0.3 is 9.92 Å². The van der Waals surface area contributed by atoms with Crippen molar-refractivity contribution in [2.75, 3.05) is 5.73 Å². The fourth-order valence-corrected chi connectivity index (χ4v) is 4.61. The number of benzene rings is 4. The lowest BCUT2D eigenvalue weighted by atomic mass is 10.1. The van der Waals surface area contributed by atoms with Crippen LogP contribution in [0.25, 0.3) is 28.0 Å². The molecule has 2 N–H and O–H groups in total. The Balaban J connectivity index is 1.62. The Kier molecular flexibility index (Phi) is 5.35. The molecule has 0 saturated carbocycles. The molecule has 4 aromatic carbocycles. The van der Waals surface area contributed by atoms with Crippen LogP contribution in [-0.4, -0.2) is 18.0 Å². The predicted octanol–water partition coefficient (Wildman–Crippen LogP) is 4.40. The van der Waals surface area contributed by atoms with Crippen molar-refractivity contribution < 1.29 is 12.6 Å². The Bertz CT molecular complexity index is 1660. The second kappa shape index (κ2) is 8.49. The van der Waals surface area contributed by atoms with Crippen molar-refractivity contribution in [3.8, 4) is 22.8 Å². The largest absolute Gasteiger partial charge is 0.397 e. The Morgan fingerprint density at radius 1 is 0.765 bits per heavy atom. The van der Waals surface area contributed by atoms with Crippen LogP contribution in [0.4, 0.5) is 5.69 Å². The first-order valence-corrected chi connectivity index (χ1v) is 11.8. The summed E-state index contributed by atoms with van der Waals surface area (Å²) in [5, 5.41) is 0.461. The minimum Gasteiger partial charge on any atom is -0.397 e. The van der Waals surface area contributed by atoms with Gasteiger partial charge in [0, 0.05) is 5.56 Å². The zero-order valence-electron chi connectivity index (χ0n) is 17.8.